The standard InChI is InChI=1S/C45H78O11Si2/c1-20-32(2)39(51-30-47-13)36(46)27-33(3)37(50-28-34-21-23-35(49-15)24-22-34)25-26-45(12,52-31-48-14)41-40(54-44(10,11)55-41)38(56-58(18,19)43(7,8)9)29-53-57(16,17)42(4,5)6/h20-24,32-33,37-41H,1,27-31H2,2-19H3/t32-,33-,37+,38+,39-,40+,41+,45+/m0/s1. The lowest BCUT2D eigenvalue weighted by atomic mass is 9.89. The summed E-state index contributed by atoms with van der Waals surface area (Å²) in [5.41, 5.74) is -0.360. The molecular weight excluding hydrogens is 773 g/mol. The van der Waals surface area contributed by atoms with Crippen molar-refractivity contribution in [3.8, 4) is 17.6 Å². The summed E-state index contributed by atoms with van der Waals surface area (Å²) in [7, 11) is 0.151. The van der Waals surface area contributed by atoms with E-state index in [-0.39, 0.29) is 54.3 Å². The summed E-state index contributed by atoms with van der Waals surface area (Å²) in [6.07, 6.45) is -1.44. The van der Waals surface area contributed by atoms with E-state index in [1.165, 1.54) is 7.11 Å². The van der Waals surface area contributed by atoms with Crippen molar-refractivity contribution < 1.29 is 51.5 Å². The van der Waals surface area contributed by atoms with Crippen molar-refractivity contribution in [1.29, 1.82) is 0 Å². The number of methoxy groups -OCH3 is 3. The third-order valence-electron chi connectivity index (χ3n) is 11.8. The van der Waals surface area contributed by atoms with Gasteiger partial charge < -0.3 is 46.7 Å². The molecule has 0 spiro atoms. The van der Waals surface area contributed by atoms with Crippen LogP contribution in [0.2, 0.25) is 36.3 Å². The van der Waals surface area contributed by atoms with E-state index in [4.69, 9.17) is 46.7 Å². The maximum absolute atomic E-state index is 13.8. The van der Waals surface area contributed by atoms with Gasteiger partial charge in [0.15, 0.2) is 33.8 Å². The van der Waals surface area contributed by atoms with Crippen molar-refractivity contribution in [1.82, 2.24) is 0 Å². The zero-order valence-corrected chi connectivity index (χ0v) is 41.2. The Morgan fingerprint density at radius 3 is 2.00 bits per heavy atom. The average Bonchev–Trinajstić information content (AvgIpc) is 3.47. The summed E-state index contributed by atoms with van der Waals surface area (Å²) in [6, 6.07) is 7.64. The van der Waals surface area contributed by atoms with Gasteiger partial charge >= 0.3 is 0 Å². The number of ether oxygens (including phenoxy) is 8. The average molecular weight is 851 g/mol. The van der Waals surface area contributed by atoms with Gasteiger partial charge in [0.2, 0.25) is 0 Å². The Morgan fingerprint density at radius 2 is 1.48 bits per heavy atom. The molecule has 11 nitrogen and oxygen atoms in total. The summed E-state index contributed by atoms with van der Waals surface area (Å²) >= 11 is 0. The molecule has 58 heavy (non-hydrogen) atoms. The first kappa shape index (κ1) is 52.2. The second-order valence-corrected chi connectivity index (χ2v) is 28.8. The van der Waals surface area contributed by atoms with Gasteiger partial charge in [0.1, 0.15) is 43.8 Å². The number of rotatable bonds is 23. The van der Waals surface area contributed by atoms with E-state index in [0.29, 0.717) is 6.61 Å². The van der Waals surface area contributed by atoms with Crippen LogP contribution >= 0.6 is 0 Å². The topological polar surface area (TPSA) is 109 Å². The van der Waals surface area contributed by atoms with E-state index >= 15 is 0 Å². The highest BCUT2D eigenvalue weighted by Crippen LogP contribution is 2.43. The molecule has 0 amide bonds. The van der Waals surface area contributed by atoms with Gasteiger partial charge in [-0.15, -0.1) is 6.58 Å². The largest absolute Gasteiger partial charge is 0.497 e. The monoisotopic (exact) mass is 851 g/mol. The number of carbonyl (C=O) groups excluding carboxylic acids is 1. The molecular formula is C45H78O11Si2. The summed E-state index contributed by atoms with van der Waals surface area (Å²) in [5.74, 6) is 5.90. The van der Waals surface area contributed by atoms with E-state index in [9.17, 15) is 4.79 Å². The van der Waals surface area contributed by atoms with Gasteiger partial charge in [-0.3, -0.25) is 4.79 Å². The second kappa shape index (κ2) is 21.7. The lowest BCUT2D eigenvalue weighted by Gasteiger charge is -2.44. The Kier molecular flexibility index (Phi) is 19.6. The molecule has 1 fully saturated rings. The van der Waals surface area contributed by atoms with Gasteiger partial charge in [-0.25, -0.2) is 0 Å². The maximum Gasteiger partial charge on any atom is 0.192 e. The minimum atomic E-state index is -2.37. The third-order valence-corrected chi connectivity index (χ3v) is 20.8. The van der Waals surface area contributed by atoms with Crippen molar-refractivity contribution in [3.63, 3.8) is 0 Å². The van der Waals surface area contributed by atoms with Crippen LogP contribution in [0.1, 0.15) is 88.1 Å². The fourth-order valence-corrected chi connectivity index (χ4v) is 8.26. The predicted octanol–water partition coefficient (Wildman–Crippen LogP) is 9.30. The molecule has 0 bridgehead atoms. The van der Waals surface area contributed by atoms with Crippen molar-refractivity contribution in [2.45, 2.75) is 167 Å². The lowest BCUT2D eigenvalue weighted by Crippen LogP contribution is -2.57. The summed E-state index contributed by atoms with van der Waals surface area (Å²) in [5, 5.41) is -0.0954. The normalized spacial score (nSPS) is 21.2. The van der Waals surface area contributed by atoms with Crippen LogP contribution in [-0.2, 0) is 53.4 Å². The number of carbonyl (C=O) groups is 1. The van der Waals surface area contributed by atoms with E-state index in [1.807, 2.05) is 58.9 Å². The fraction of sp³-hybridized carbons (Fsp3) is 0.756. The zero-order chi connectivity index (χ0) is 44.3. The van der Waals surface area contributed by atoms with Gasteiger partial charge in [0.25, 0.3) is 0 Å². The van der Waals surface area contributed by atoms with Gasteiger partial charge in [-0.05, 0) is 74.7 Å². The molecule has 1 aliphatic heterocycles. The highest BCUT2D eigenvalue weighted by atomic mass is 28.4. The number of Topliss-reactive ketones (excluding diaryl/α,β-unsaturated/α-hetero) is 1. The van der Waals surface area contributed by atoms with Crippen molar-refractivity contribution >= 4 is 22.4 Å². The Labute approximate surface area is 353 Å². The van der Waals surface area contributed by atoms with Gasteiger partial charge in [0, 0.05) is 32.5 Å². The van der Waals surface area contributed by atoms with Crippen LogP contribution in [-0.4, -0.2) is 106 Å². The zero-order valence-electron chi connectivity index (χ0n) is 39.2. The molecule has 0 saturated carbocycles. The molecule has 1 saturated heterocycles. The molecule has 13 heteroatoms. The maximum atomic E-state index is 13.8. The quantitative estimate of drug-likeness (QED) is 0.0455. The van der Waals surface area contributed by atoms with Gasteiger partial charge in [-0.1, -0.05) is 85.4 Å². The van der Waals surface area contributed by atoms with Crippen molar-refractivity contribution in [2.24, 2.45) is 11.8 Å². The van der Waals surface area contributed by atoms with E-state index in [1.54, 1.807) is 20.3 Å². The highest BCUT2D eigenvalue weighted by molar-refractivity contribution is 6.74. The Morgan fingerprint density at radius 1 is 0.897 bits per heavy atom. The number of ketones is 1. The first-order valence-corrected chi connectivity index (χ1v) is 26.3. The number of benzene rings is 1. The Hall–Kier alpha value is -1.94. The van der Waals surface area contributed by atoms with Crippen LogP contribution in [0.3, 0.4) is 0 Å². The predicted molar refractivity (Wildman–Crippen MR) is 235 cm³/mol. The first-order chi connectivity index (χ1) is 26.7. The minimum Gasteiger partial charge on any atom is -0.497 e. The van der Waals surface area contributed by atoms with Crippen LogP contribution in [0.25, 0.3) is 0 Å². The van der Waals surface area contributed by atoms with Gasteiger partial charge in [-0.2, -0.15) is 0 Å². The van der Waals surface area contributed by atoms with E-state index < -0.39 is 58.5 Å². The highest BCUT2D eigenvalue weighted by Gasteiger charge is 2.56. The van der Waals surface area contributed by atoms with Crippen molar-refractivity contribution in [3.05, 3.63) is 42.5 Å². The minimum absolute atomic E-state index is 0.0135. The van der Waals surface area contributed by atoms with Crippen LogP contribution in [0.4, 0.5) is 0 Å². The molecule has 1 aliphatic rings. The molecule has 0 N–H and O–H groups in total. The van der Waals surface area contributed by atoms with Crippen LogP contribution in [0, 0.1) is 23.7 Å². The van der Waals surface area contributed by atoms with E-state index in [2.05, 4.69) is 86.2 Å². The Balaban J connectivity index is 2.70. The summed E-state index contributed by atoms with van der Waals surface area (Å²) < 4.78 is 62.5. The molecule has 1 aromatic rings. The number of hydrogen-bond acceptors (Lipinski definition) is 11. The number of hydrogen-bond donors (Lipinski definition) is 0. The second-order valence-electron chi connectivity index (χ2n) is 19.3. The Bertz CT molecular complexity index is 1490. The lowest BCUT2D eigenvalue weighted by molar-refractivity contribution is -0.183. The molecule has 0 aromatic heterocycles. The van der Waals surface area contributed by atoms with E-state index in [0.717, 1.165) is 11.3 Å². The molecule has 332 valence electrons. The summed E-state index contributed by atoms with van der Waals surface area (Å²) in [4.78, 5) is 13.8. The molecule has 8 atom stereocenters. The summed E-state index contributed by atoms with van der Waals surface area (Å²) in [6.45, 7) is 36.2. The van der Waals surface area contributed by atoms with Crippen LogP contribution in [0.15, 0.2) is 36.9 Å². The SMILES string of the molecule is C=C[C@H](C)[C@H](OCOC)C(=O)C[C@H](C)[C@@H](C#C[C@@](C)(OCOC)[C@@H]1OC(C)(C)O[C@@H]1[C@@H](CO[Si](C)(C)C(C)(C)C)O[Si](C)(C)C(C)(C)C)OCc1ccc(OC)cc1. The van der Waals surface area contributed by atoms with Gasteiger partial charge in [0.05, 0.1) is 26.4 Å². The molecule has 1 heterocycles. The molecule has 0 aliphatic carbocycles. The smallest absolute Gasteiger partial charge is 0.192 e. The third kappa shape index (κ3) is 14.9. The molecule has 1 aromatic carbocycles. The van der Waals surface area contributed by atoms with Crippen LogP contribution < -0.4 is 4.74 Å². The molecule has 0 unspecified atom stereocenters. The molecule has 2 rings (SSSR count). The fourth-order valence-electron chi connectivity index (χ4n) is 5.93. The molecule has 0 radical (unpaired) electrons. The first-order valence-electron chi connectivity index (χ1n) is 20.5. The van der Waals surface area contributed by atoms with Crippen LogP contribution in [0.5, 0.6) is 5.75 Å². The van der Waals surface area contributed by atoms with Crippen molar-refractivity contribution in [2.75, 3.05) is 41.5 Å².